The monoisotopic (exact) mass is 225 g/mol. The number of aliphatic carboxylic acids is 1. The van der Waals surface area contributed by atoms with Crippen LogP contribution in [0.15, 0.2) is 17.2 Å². The van der Waals surface area contributed by atoms with E-state index >= 15 is 0 Å². The van der Waals surface area contributed by atoms with Crippen LogP contribution in [0.2, 0.25) is 0 Å². The summed E-state index contributed by atoms with van der Waals surface area (Å²) in [5, 5.41) is 21.1. The van der Waals surface area contributed by atoms with Crippen molar-refractivity contribution in [2.75, 3.05) is 0 Å². The lowest BCUT2D eigenvalue weighted by molar-refractivity contribution is -0.137. The summed E-state index contributed by atoms with van der Waals surface area (Å²) in [6, 6.07) is 3.06. The standard InChI is InChI=1S/C10H15N3O3/c11-12-8-5-6-9(14)13(8)7-3-1-2-4-10(15)16/h5-6,11,14H,1-4,7H2,(H,15,16). The van der Waals surface area contributed by atoms with Crippen LogP contribution >= 0.6 is 0 Å². The van der Waals surface area contributed by atoms with Crippen LogP contribution in [0.5, 0.6) is 5.88 Å². The van der Waals surface area contributed by atoms with Gasteiger partial charge in [-0.15, -0.1) is 5.11 Å². The summed E-state index contributed by atoms with van der Waals surface area (Å²) in [5.74, 6) is -0.286. The number of hydrogen-bond acceptors (Lipinski definition) is 4. The highest BCUT2D eigenvalue weighted by Crippen LogP contribution is 2.23. The molecule has 0 atom stereocenters. The number of nitrogens with zero attached hydrogens (tertiary/aromatic N) is 2. The minimum absolute atomic E-state index is 0.0873. The number of carboxylic acids is 1. The number of unbranched alkanes of at least 4 members (excludes halogenated alkanes) is 2. The highest BCUT2D eigenvalue weighted by Gasteiger charge is 2.05. The summed E-state index contributed by atoms with van der Waals surface area (Å²) in [6.45, 7) is 0.552. The van der Waals surface area contributed by atoms with Gasteiger partial charge >= 0.3 is 5.97 Å². The molecule has 88 valence electrons. The first-order valence-electron chi connectivity index (χ1n) is 5.13. The highest BCUT2D eigenvalue weighted by molar-refractivity contribution is 5.66. The Bertz CT molecular complexity index is 373. The molecule has 1 aromatic heterocycles. The molecule has 0 spiro atoms. The first-order chi connectivity index (χ1) is 7.65. The molecule has 6 heteroatoms. The van der Waals surface area contributed by atoms with E-state index in [4.69, 9.17) is 10.6 Å². The van der Waals surface area contributed by atoms with Crippen LogP contribution in [-0.4, -0.2) is 20.7 Å². The SMILES string of the molecule is N=Nc1ccc(O)n1CCCCCC(=O)O. The van der Waals surface area contributed by atoms with Gasteiger partial charge in [0.25, 0.3) is 0 Å². The molecule has 1 aromatic rings. The van der Waals surface area contributed by atoms with Crippen LogP contribution in [0.1, 0.15) is 25.7 Å². The van der Waals surface area contributed by atoms with Crippen molar-refractivity contribution in [2.24, 2.45) is 5.11 Å². The molecule has 0 aliphatic carbocycles. The second kappa shape index (κ2) is 5.89. The smallest absolute Gasteiger partial charge is 0.303 e. The number of aromatic hydroxyl groups is 1. The van der Waals surface area contributed by atoms with Gasteiger partial charge in [-0.2, -0.15) is 0 Å². The Morgan fingerprint density at radius 2 is 2.12 bits per heavy atom. The van der Waals surface area contributed by atoms with Crippen molar-refractivity contribution in [3.8, 4) is 5.88 Å². The van der Waals surface area contributed by atoms with E-state index < -0.39 is 5.97 Å². The molecule has 0 bridgehead atoms. The van der Waals surface area contributed by atoms with Crippen molar-refractivity contribution in [3.05, 3.63) is 12.1 Å². The summed E-state index contributed by atoms with van der Waals surface area (Å²) >= 11 is 0. The van der Waals surface area contributed by atoms with Gasteiger partial charge in [-0.25, -0.2) is 5.53 Å². The second-order valence-corrected chi connectivity index (χ2v) is 3.52. The summed E-state index contributed by atoms with van der Waals surface area (Å²) in [4.78, 5) is 10.3. The normalized spacial score (nSPS) is 10.2. The molecule has 0 fully saturated rings. The number of rotatable bonds is 7. The van der Waals surface area contributed by atoms with Crippen molar-refractivity contribution in [1.29, 1.82) is 5.53 Å². The van der Waals surface area contributed by atoms with Crippen molar-refractivity contribution in [1.82, 2.24) is 4.57 Å². The van der Waals surface area contributed by atoms with E-state index in [1.165, 1.54) is 10.6 Å². The van der Waals surface area contributed by atoms with Crippen LogP contribution < -0.4 is 0 Å². The predicted molar refractivity (Wildman–Crippen MR) is 57.0 cm³/mol. The summed E-state index contributed by atoms with van der Waals surface area (Å²) in [5.41, 5.74) is 6.89. The third-order valence-corrected chi connectivity index (χ3v) is 2.32. The van der Waals surface area contributed by atoms with E-state index in [1.807, 2.05) is 0 Å². The van der Waals surface area contributed by atoms with Crippen LogP contribution in [0.4, 0.5) is 5.82 Å². The molecule has 16 heavy (non-hydrogen) atoms. The van der Waals surface area contributed by atoms with Crippen LogP contribution in [-0.2, 0) is 11.3 Å². The van der Waals surface area contributed by atoms with E-state index in [9.17, 15) is 9.90 Å². The summed E-state index contributed by atoms with van der Waals surface area (Å²) < 4.78 is 1.54. The van der Waals surface area contributed by atoms with Crippen molar-refractivity contribution in [2.45, 2.75) is 32.2 Å². The fourth-order valence-electron chi connectivity index (χ4n) is 1.50. The number of hydrogen-bond donors (Lipinski definition) is 3. The van der Waals surface area contributed by atoms with Gasteiger partial charge in [0.15, 0.2) is 11.7 Å². The third-order valence-electron chi connectivity index (χ3n) is 2.32. The number of carbonyl (C=O) groups is 1. The first-order valence-corrected chi connectivity index (χ1v) is 5.13. The zero-order valence-electron chi connectivity index (χ0n) is 8.89. The predicted octanol–water partition coefficient (Wildman–Crippen LogP) is 2.50. The molecule has 1 rings (SSSR count). The van der Waals surface area contributed by atoms with Crippen molar-refractivity contribution < 1.29 is 15.0 Å². The lowest BCUT2D eigenvalue weighted by atomic mass is 10.2. The number of nitrogens with one attached hydrogen (secondary N) is 1. The zero-order chi connectivity index (χ0) is 12.0. The van der Waals surface area contributed by atoms with Crippen molar-refractivity contribution in [3.63, 3.8) is 0 Å². The van der Waals surface area contributed by atoms with Crippen LogP contribution in [0.3, 0.4) is 0 Å². The first kappa shape index (κ1) is 12.2. The van der Waals surface area contributed by atoms with Gasteiger partial charge in [-0.1, -0.05) is 6.42 Å². The Labute approximate surface area is 93.0 Å². The molecule has 6 nitrogen and oxygen atoms in total. The maximum absolute atomic E-state index is 10.3. The summed E-state index contributed by atoms with van der Waals surface area (Å²) in [7, 11) is 0. The average molecular weight is 225 g/mol. The van der Waals surface area contributed by atoms with Gasteiger partial charge in [0.05, 0.1) is 0 Å². The molecule has 0 aromatic carbocycles. The Balaban J connectivity index is 2.34. The largest absolute Gasteiger partial charge is 0.494 e. The third kappa shape index (κ3) is 3.38. The quantitative estimate of drug-likeness (QED) is 0.491. The van der Waals surface area contributed by atoms with Gasteiger partial charge in [0.2, 0.25) is 0 Å². The van der Waals surface area contributed by atoms with E-state index in [1.54, 1.807) is 6.07 Å². The highest BCUT2D eigenvalue weighted by atomic mass is 16.4. The molecule has 0 unspecified atom stereocenters. The fraction of sp³-hybridized carbons (Fsp3) is 0.500. The zero-order valence-corrected chi connectivity index (χ0v) is 8.89. The van der Waals surface area contributed by atoms with E-state index in [0.29, 0.717) is 18.8 Å². The Kier molecular flexibility index (Phi) is 4.50. The van der Waals surface area contributed by atoms with Gasteiger partial charge in [-0.05, 0) is 18.9 Å². The molecule has 3 N–H and O–H groups in total. The fourth-order valence-corrected chi connectivity index (χ4v) is 1.50. The molecule has 0 saturated carbocycles. The second-order valence-electron chi connectivity index (χ2n) is 3.52. The maximum Gasteiger partial charge on any atom is 0.303 e. The topological polar surface area (TPSA) is 98.7 Å². The number of aromatic nitrogens is 1. The Hall–Kier alpha value is -1.85. The molecular weight excluding hydrogens is 210 g/mol. The summed E-state index contributed by atoms with van der Waals surface area (Å²) in [6.07, 6.45) is 2.34. The minimum Gasteiger partial charge on any atom is -0.494 e. The van der Waals surface area contributed by atoms with Crippen LogP contribution in [0, 0.1) is 5.53 Å². The van der Waals surface area contributed by atoms with Crippen LogP contribution in [0.25, 0.3) is 0 Å². The Morgan fingerprint density at radius 3 is 2.75 bits per heavy atom. The molecule has 0 amide bonds. The lowest BCUT2D eigenvalue weighted by Gasteiger charge is -2.06. The number of carboxylic acid groups (broad SMARTS) is 1. The van der Waals surface area contributed by atoms with Gasteiger partial charge in [0.1, 0.15) is 0 Å². The van der Waals surface area contributed by atoms with E-state index in [0.717, 1.165) is 12.8 Å². The molecule has 0 radical (unpaired) electrons. The van der Waals surface area contributed by atoms with E-state index in [-0.39, 0.29) is 12.3 Å². The van der Waals surface area contributed by atoms with Crippen molar-refractivity contribution >= 4 is 11.8 Å². The maximum atomic E-state index is 10.3. The molecule has 0 aliphatic rings. The molecule has 0 saturated heterocycles. The Morgan fingerprint density at radius 1 is 1.38 bits per heavy atom. The average Bonchev–Trinajstić information content (AvgIpc) is 2.59. The minimum atomic E-state index is -0.786. The lowest BCUT2D eigenvalue weighted by Crippen LogP contribution is -1.98. The van der Waals surface area contributed by atoms with Gasteiger partial charge < -0.3 is 10.2 Å². The molecule has 0 aliphatic heterocycles. The van der Waals surface area contributed by atoms with Gasteiger partial charge in [0, 0.05) is 19.0 Å². The molecule has 1 heterocycles. The van der Waals surface area contributed by atoms with Gasteiger partial charge in [-0.3, -0.25) is 9.36 Å². The molecular formula is C10H15N3O3. The van der Waals surface area contributed by atoms with E-state index in [2.05, 4.69) is 5.11 Å².